The van der Waals surface area contributed by atoms with E-state index in [-0.39, 0.29) is 11.8 Å². The first-order valence-corrected chi connectivity index (χ1v) is 3.61. The monoisotopic (exact) mass is 149 g/mol. The van der Waals surface area contributed by atoms with Gasteiger partial charge in [0.2, 0.25) is 5.91 Å². The molecule has 0 aliphatic heterocycles. The van der Waals surface area contributed by atoms with Gasteiger partial charge >= 0.3 is 0 Å². The normalized spacial score (nSPS) is 13.1. The summed E-state index contributed by atoms with van der Waals surface area (Å²) in [6.07, 6.45) is 1.50. The van der Waals surface area contributed by atoms with Crippen molar-refractivity contribution < 1.29 is 4.79 Å². The summed E-state index contributed by atoms with van der Waals surface area (Å²) in [4.78, 5) is 10.5. The molecule has 3 heteroatoms. The molecule has 0 saturated carbocycles. The summed E-state index contributed by atoms with van der Waals surface area (Å²) in [5, 5.41) is 0. The minimum atomic E-state index is -0.238. The van der Waals surface area contributed by atoms with Crippen molar-refractivity contribution in [1.29, 1.82) is 0 Å². The molecule has 2 nitrogen and oxygen atoms in total. The number of nitrogens with two attached hydrogens (primary N) is 1. The molecule has 0 aliphatic carbocycles. The number of hydrogen-bond donors (Lipinski definition) is 1. The first-order chi connectivity index (χ1) is 4.22. The van der Waals surface area contributed by atoms with E-state index in [1.807, 2.05) is 6.92 Å². The van der Waals surface area contributed by atoms with Crippen LogP contribution in [0, 0.1) is 5.92 Å². The molecule has 0 spiro atoms. The molecule has 0 aromatic heterocycles. The summed E-state index contributed by atoms with van der Waals surface area (Å²) in [5.41, 5.74) is 5.04. The van der Waals surface area contributed by atoms with Gasteiger partial charge in [-0.2, -0.15) is 0 Å². The Labute approximate surface area is 60.4 Å². The molecular weight excluding hydrogens is 138 g/mol. The maximum Gasteiger partial charge on any atom is 0.220 e. The largest absolute Gasteiger partial charge is 0.369 e. The molecule has 54 valence electrons. The summed E-state index contributed by atoms with van der Waals surface area (Å²) in [5.74, 6) is 0.252. The van der Waals surface area contributed by atoms with E-state index in [4.69, 9.17) is 17.3 Å². The molecule has 0 saturated heterocycles. The third kappa shape index (κ3) is 3.36. The van der Waals surface area contributed by atoms with Gasteiger partial charge in [-0.05, 0) is 12.8 Å². The lowest BCUT2D eigenvalue weighted by Crippen LogP contribution is -2.22. The van der Waals surface area contributed by atoms with Gasteiger partial charge in [0.15, 0.2) is 0 Å². The topological polar surface area (TPSA) is 43.1 Å². The van der Waals surface area contributed by atoms with Crippen molar-refractivity contribution >= 4 is 17.5 Å². The maximum absolute atomic E-state index is 10.5. The molecule has 1 amide bonds. The fourth-order valence-corrected chi connectivity index (χ4v) is 0.943. The van der Waals surface area contributed by atoms with Crippen LogP contribution in [0.1, 0.15) is 19.8 Å². The molecule has 0 aromatic carbocycles. The van der Waals surface area contributed by atoms with Crippen LogP contribution in [0.4, 0.5) is 0 Å². The molecule has 9 heavy (non-hydrogen) atoms. The Hall–Kier alpha value is -0.240. The van der Waals surface area contributed by atoms with Crippen LogP contribution in [-0.2, 0) is 4.79 Å². The van der Waals surface area contributed by atoms with Gasteiger partial charge in [-0.3, -0.25) is 4.79 Å². The number of hydrogen-bond acceptors (Lipinski definition) is 1. The summed E-state index contributed by atoms with van der Waals surface area (Å²) < 4.78 is 0. The molecule has 1 unspecified atom stereocenters. The SMILES string of the molecule is CCC(CCCl)C(N)=O. The summed E-state index contributed by atoms with van der Waals surface area (Å²) in [6, 6.07) is 0. The second-order valence-electron chi connectivity index (χ2n) is 1.99. The van der Waals surface area contributed by atoms with Crippen LogP contribution in [-0.4, -0.2) is 11.8 Å². The number of carbonyl (C=O) groups is 1. The first-order valence-electron chi connectivity index (χ1n) is 3.07. The highest BCUT2D eigenvalue weighted by molar-refractivity contribution is 6.17. The zero-order valence-corrected chi connectivity index (χ0v) is 6.32. The van der Waals surface area contributed by atoms with Crippen LogP contribution in [0.2, 0.25) is 0 Å². The molecular formula is C6H12ClNO. The average molecular weight is 150 g/mol. The van der Waals surface area contributed by atoms with Gasteiger partial charge in [-0.1, -0.05) is 6.92 Å². The van der Waals surface area contributed by atoms with E-state index in [9.17, 15) is 4.79 Å². The number of rotatable bonds is 4. The van der Waals surface area contributed by atoms with Gasteiger partial charge in [-0.25, -0.2) is 0 Å². The van der Waals surface area contributed by atoms with Gasteiger partial charge in [0.25, 0.3) is 0 Å². The number of alkyl halides is 1. The second kappa shape index (κ2) is 4.62. The van der Waals surface area contributed by atoms with Crippen LogP contribution in [0.3, 0.4) is 0 Å². The van der Waals surface area contributed by atoms with E-state index < -0.39 is 0 Å². The highest BCUT2D eigenvalue weighted by Gasteiger charge is 2.10. The predicted molar refractivity (Wildman–Crippen MR) is 38.3 cm³/mol. The second-order valence-corrected chi connectivity index (χ2v) is 2.36. The van der Waals surface area contributed by atoms with Crippen molar-refractivity contribution in [1.82, 2.24) is 0 Å². The van der Waals surface area contributed by atoms with Crippen molar-refractivity contribution in [3.8, 4) is 0 Å². The minimum absolute atomic E-state index is 0.0255. The van der Waals surface area contributed by atoms with Crippen LogP contribution < -0.4 is 5.73 Å². The van der Waals surface area contributed by atoms with Crippen LogP contribution >= 0.6 is 11.6 Å². The molecule has 2 N–H and O–H groups in total. The van der Waals surface area contributed by atoms with Crippen molar-refractivity contribution in [2.75, 3.05) is 5.88 Å². The smallest absolute Gasteiger partial charge is 0.220 e. The number of carbonyl (C=O) groups excluding carboxylic acids is 1. The van der Waals surface area contributed by atoms with Gasteiger partial charge in [-0.15, -0.1) is 11.6 Å². The fourth-order valence-electron chi connectivity index (χ4n) is 0.679. The van der Waals surface area contributed by atoms with Crippen molar-refractivity contribution in [3.05, 3.63) is 0 Å². The highest BCUT2D eigenvalue weighted by atomic mass is 35.5. The molecule has 0 bridgehead atoms. The third-order valence-corrected chi connectivity index (χ3v) is 1.57. The molecule has 0 fully saturated rings. The molecule has 0 heterocycles. The Morgan fingerprint density at radius 3 is 2.44 bits per heavy atom. The Kier molecular flexibility index (Phi) is 4.50. The van der Waals surface area contributed by atoms with E-state index in [0.29, 0.717) is 12.3 Å². The van der Waals surface area contributed by atoms with Crippen molar-refractivity contribution in [3.63, 3.8) is 0 Å². The Morgan fingerprint density at radius 1 is 1.78 bits per heavy atom. The summed E-state index contributed by atoms with van der Waals surface area (Å²) >= 11 is 5.41. The molecule has 0 rings (SSSR count). The number of primary amides is 1. The lowest BCUT2D eigenvalue weighted by molar-refractivity contribution is -0.121. The van der Waals surface area contributed by atoms with Crippen molar-refractivity contribution in [2.24, 2.45) is 11.7 Å². The van der Waals surface area contributed by atoms with E-state index >= 15 is 0 Å². The van der Waals surface area contributed by atoms with E-state index in [0.717, 1.165) is 6.42 Å². The average Bonchev–Trinajstić information content (AvgIpc) is 1.82. The molecule has 0 aromatic rings. The predicted octanol–water partition coefficient (Wildman–Crippen LogP) is 1.13. The van der Waals surface area contributed by atoms with Crippen LogP contribution in [0.25, 0.3) is 0 Å². The third-order valence-electron chi connectivity index (χ3n) is 1.35. The van der Waals surface area contributed by atoms with Gasteiger partial charge in [0.1, 0.15) is 0 Å². The first kappa shape index (κ1) is 8.76. The van der Waals surface area contributed by atoms with Gasteiger partial charge in [0, 0.05) is 11.8 Å². The lowest BCUT2D eigenvalue weighted by Gasteiger charge is -2.06. The zero-order valence-electron chi connectivity index (χ0n) is 5.56. The van der Waals surface area contributed by atoms with Crippen LogP contribution in [0.5, 0.6) is 0 Å². The molecule has 0 aliphatic rings. The summed E-state index contributed by atoms with van der Waals surface area (Å²) in [7, 11) is 0. The van der Waals surface area contributed by atoms with Gasteiger partial charge < -0.3 is 5.73 Å². The number of amides is 1. The minimum Gasteiger partial charge on any atom is -0.369 e. The fraction of sp³-hybridized carbons (Fsp3) is 0.833. The molecule has 1 atom stereocenters. The quantitative estimate of drug-likeness (QED) is 0.599. The lowest BCUT2D eigenvalue weighted by atomic mass is 10.0. The number of halogens is 1. The van der Waals surface area contributed by atoms with Crippen molar-refractivity contribution in [2.45, 2.75) is 19.8 Å². The maximum atomic E-state index is 10.5. The standard InChI is InChI=1S/C6H12ClNO/c1-2-5(3-4-7)6(8)9/h5H,2-4H2,1H3,(H2,8,9). The van der Waals surface area contributed by atoms with E-state index in [1.165, 1.54) is 0 Å². The molecule has 0 radical (unpaired) electrons. The Morgan fingerprint density at radius 2 is 2.33 bits per heavy atom. The van der Waals surface area contributed by atoms with E-state index in [1.54, 1.807) is 0 Å². The van der Waals surface area contributed by atoms with Crippen LogP contribution in [0.15, 0.2) is 0 Å². The summed E-state index contributed by atoms with van der Waals surface area (Å²) in [6.45, 7) is 1.93. The highest BCUT2D eigenvalue weighted by Crippen LogP contribution is 2.07. The Balaban J connectivity index is 3.54. The Bertz CT molecular complexity index is 95.1. The van der Waals surface area contributed by atoms with E-state index in [2.05, 4.69) is 0 Å². The van der Waals surface area contributed by atoms with Gasteiger partial charge in [0.05, 0.1) is 0 Å². The zero-order chi connectivity index (χ0) is 7.28.